The van der Waals surface area contributed by atoms with Gasteiger partial charge in [0, 0.05) is 31.6 Å². The second-order valence-corrected chi connectivity index (χ2v) is 6.55. The molecule has 3 heterocycles. The van der Waals surface area contributed by atoms with Crippen LogP contribution in [0.2, 0.25) is 0 Å². The van der Waals surface area contributed by atoms with E-state index in [4.69, 9.17) is 10.6 Å². The van der Waals surface area contributed by atoms with Crippen LogP contribution in [-0.2, 0) is 19.2 Å². The lowest BCUT2D eigenvalue weighted by atomic mass is 9.91. The number of primary amides is 1. The third-order valence-corrected chi connectivity index (χ3v) is 4.95. The van der Waals surface area contributed by atoms with Crippen LogP contribution in [0.25, 0.3) is 10.9 Å². The number of likely N-dealkylation sites (N-methyl/N-ethyl adjacent to an activating group) is 1. The number of imide groups is 1. The van der Waals surface area contributed by atoms with E-state index in [9.17, 15) is 14.4 Å². The third-order valence-electron chi connectivity index (χ3n) is 4.95. The minimum atomic E-state index is -0.878. The number of amides is 3. The highest BCUT2D eigenvalue weighted by Crippen LogP contribution is 2.44. The zero-order chi connectivity index (χ0) is 18.4. The average Bonchev–Trinajstić information content (AvgIpc) is 3.11. The fraction of sp³-hybridized carbons (Fsp3) is 0.333. The van der Waals surface area contributed by atoms with Gasteiger partial charge in [-0.3, -0.25) is 29.1 Å². The second-order valence-electron chi connectivity index (χ2n) is 6.55. The van der Waals surface area contributed by atoms with Crippen LogP contribution in [0.1, 0.15) is 18.0 Å². The number of hydrogen-bond donors (Lipinski definition) is 1. The van der Waals surface area contributed by atoms with Gasteiger partial charge in [0.15, 0.2) is 6.10 Å². The highest BCUT2D eigenvalue weighted by molar-refractivity contribution is 6.07. The molecule has 0 aliphatic carbocycles. The molecule has 2 aliphatic rings. The molecule has 2 aliphatic heterocycles. The van der Waals surface area contributed by atoms with E-state index in [1.54, 1.807) is 6.20 Å². The van der Waals surface area contributed by atoms with E-state index in [2.05, 4.69) is 4.98 Å². The first-order valence-electron chi connectivity index (χ1n) is 8.35. The molecule has 0 radical (unpaired) electrons. The molecule has 8 heteroatoms. The molecule has 8 nitrogen and oxygen atoms in total. The molecule has 3 atom stereocenters. The quantitative estimate of drug-likeness (QED) is 0.796. The number of carbonyl (C=O) groups is 3. The predicted molar refractivity (Wildman–Crippen MR) is 91.1 cm³/mol. The first-order valence-corrected chi connectivity index (χ1v) is 8.35. The fourth-order valence-corrected chi connectivity index (χ4v) is 3.64. The van der Waals surface area contributed by atoms with Gasteiger partial charge in [0.1, 0.15) is 0 Å². The summed E-state index contributed by atoms with van der Waals surface area (Å²) in [7, 11) is 1.45. The molecule has 3 unspecified atom stereocenters. The van der Waals surface area contributed by atoms with Crippen molar-refractivity contribution in [2.45, 2.75) is 18.6 Å². The summed E-state index contributed by atoms with van der Waals surface area (Å²) in [5, 5.41) is 2.45. The Hall–Kier alpha value is -2.84. The maximum Gasteiger partial charge on any atom is 0.261 e. The average molecular weight is 354 g/mol. The van der Waals surface area contributed by atoms with Gasteiger partial charge in [-0.2, -0.15) is 5.06 Å². The molecule has 0 saturated carbocycles. The summed E-state index contributed by atoms with van der Waals surface area (Å²) in [4.78, 5) is 47.4. The first kappa shape index (κ1) is 16.6. The van der Waals surface area contributed by atoms with E-state index < -0.39 is 24.0 Å². The summed E-state index contributed by atoms with van der Waals surface area (Å²) in [6, 6.07) is 9.07. The highest BCUT2D eigenvalue weighted by atomic mass is 16.7. The van der Waals surface area contributed by atoms with Crippen LogP contribution in [0.3, 0.4) is 0 Å². The van der Waals surface area contributed by atoms with Crippen LogP contribution in [0.5, 0.6) is 0 Å². The Morgan fingerprint density at radius 1 is 1.27 bits per heavy atom. The summed E-state index contributed by atoms with van der Waals surface area (Å²) in [6.45, 7) is 0.199. The number of nitrogens with two attached hydrogens (primary N) is 1. The van der Waals surface area contributed by atoms with Gasteiger partial charge in [-0.25, -0.2) is 0 Å². The van der Waals surface area contributed by atoms with Crippen molar-refractivity contribution in [3.05, 3.63) is 42.1 Å². The predicted octanol–water partition coefficient (Wildman–Crippen LogP) is 0.382. The van der Waals surface area contributed by atoms with Gasteiger partial charge in [0.2, 0.25) is 11.8 Å². The summed E-state index contributed by atoms with van der Waals surface area (Å²) >= 11 is 0. The van der Waals surface area contributed by atoms with Crippen molar-refractivity contribution in [2.75, 3.05) is 13.6 Å². The van der Waals surface area contributed by atoms with Crippen molar-refractivity contribution in [1.82, 2.24) is 14.9 Å². The molecule has 2 aromatic rings. The number of hydroxylamine groups is 2. The molecule has 26 heavy (non-hydrogen) atoms. The second kappa shape index (κ2) is 6.15. The van der Waals surface area contributed by atoms with Crippen LogP contribution < -0.4 is 5.73 Å². The minimum absolute atomic E-state index is 0.0647. The van der Waals surface area contributed by atoms with Crippen molar-refractivity contribution < 1.29 is 19.2 Å². The summed E-state index contributed by atoms with van der Waals surface area (Å²) < 4.78 is 0. The van der Waals surface area contributed by atoms with E-state index in [-0.39, 0.29) is 24.8 Å². The van der Waals surface area contributed by atoms with Crippen molar-refractivity contribution in [3.8, 4) is 0 Å². The maximum atomic E-state index is 12.6. The number of carbonyl (C=O) groups excluding carboxylic acids is 3. The van der Waals surface area contributed by atoms with Crippen LogP contribution in [-0.4, -0.2) is 52.4 Å². The van der Waals surface area contributed by atoms with E-state index >= 15 is 0 Å². The molecule has 3 amide bonds. The van der Waals surface area contributed by atoms with Gasteiger partial charge in [0.25, 0.3) is 5.91 Å². The van der Waals surface area contributed by atoms with Crippen LogP contribution in [0, 0.1) is 5.92 Å². The number of aromatic nitrogens is 1. The van der Waals surface area contributed by atoms with Crippen LogP contribution in [0.15, 0.2) is 36.5 Å². The fourth-order valence-electron chi connectivity index (χ4n) is 3.64. The first-order chi connectivity index (χ1) is 12.5. The van der Waals surface area contributed by atoms with E-state index in [1.807, 2.05) is 30.3 Å². The van der Waals surface area contributed by atoms with Crippen molar-refractivity contribution >= 4 is 28.6 Å². The lowest BCUT2D eigenvalue weighted by Crippen LogP contribution is -2.36. The Bertz CT molecular complexity index is 915. The molecule has 2 saturated heterocycles. The zero-order valence-corrected chi connectivity index (χ0v) is 14.2. The van der Waals surface area contributed by atoms with Gasteiger partial charge in [-0.05, 0) is 17.7 Å². The van der Waals surface area contributed by atoms with Gasteiger partial charge in [-0.15, -0.1) is 0 Å². The SMILES string of the molecule is CN1C(=O)C2ON(CCC(N)=O)C(c3cnc4ccccc4c3)C2C1=O. The number of likely N-dealkylation sites (tertiary alicyclic amines) is 1. The van der Waals surface area contributed by atoms with Gasteiger partial charge in [-0.1, -0.05) is 18.2 Å². The number of pyridine rings is 1. The van der Waals surface area contributed by atoms with Crippen molar-refractivity contribution in [1.29, 1.82) is 0 Å². The highest BCUT2D eigenvalue weighted by Gasteiger charge is 2.58. The monoisotopic (exact) mass is 354 g/mol. The van der Waals surface area contributed by atoms with E-state index in [0.717, 1.165) is 21.4 Å². The lowest BCUT2D eigenvalue weighted by molar-refractivity contribution is -0.179. The van der Waals surface area contributed by atoms with Gasteiger partial charge >= 0.3 is 0 Å². The number of nitrogens with zero attached hydrogens (tertiary/aromatic N) is 3. The molecule has 1 aromatic carbocycles. The summed E-state index contributed by atoms with van der Waals surface area (Å²) in [5.41, 5.74) is 6.84. The van der Waals surface area contributed by atoms with E-state index in [0.29, 0.717) is 0 Å². The number of para-hydroxylation sites is 1. The molecule has 2 N–H and O–H groups in total. The largest absolute Gasteiger partial charge is 0.370 e. The van der Waals surface area contributed by atoms with Crippen LogP contribution >= 0.6 is 0 Å². The third kappa shape index (κ3) is 2.54. The molecule has 4 rings (SSSR count). The number of hydrogen-bond acceptors (Lipinski definition) is 6. The molecule has 134 valence electrons. The van der Waals surface area contributed by atoms with Crippen molar-refractivity contribution in [2.24, 2.45) is 11.7 Å². The Balaban J connectivity index is 1.75. The van der Waals surface area contributed by atoms with Crippen molar-refractivity contribution in [3.63, 3.8) is 0 Å². The molecule has 1 aromatic heterocycles. The topological polar surface area (TPSA) is 106 Å². The zero-order valence-electron chi connectivity index (χ0n) is 14.2. The normalized spacial score (nSPS) is 25.9. The number of rotatable bonds is 4. The lowest BCUT2D eigenvalue weighted by Gasteiger charge is -2.26. The number of fused-ring (bicyclic) bond motifs is 2. The van der Waals surface area contributed by atoms with Crippen LogP contribution in [0.4, 0.5) is 0 Å². The van der Waals surface area contributed by atoms with E-state index in [1.165, 1.54) is 12.1 Å². The smallest absolute Gasteiger partial charge is 0.261 e. The minimum Gasteiger partial charge on any atom is -0.370 e. The Morgan fingerprint density at radius 2 is 2.04 bits per heavy atom. The standard InChI is InChI=1S/C18H18N4O4/c1-21-17(24)14-15(11-8-10-4-2-3-5-12(10)20-9-11)22(7-6-13(19)23)26-16(14)18(21)25/h2-5,8-9,14-16H,6-7H2,1H3,(H2,19,23). The Morgan fingerprint density at radius 3 is 2.81 bits per heavy atom. The van der Waals surface area contributed by atoms with Gasteiger partial charge < -0.3 is 5.73 Å². The number of benzene rings is 1. The molecular weight excluding hydrogens is 336 g/mol. The molecule has 2 fully saturated rings. The van der Waals surface area contributed by atoms with Gasteiger partial charge in [0.05, 0.1) is 17.5 Å². The Labute approximate surface area is 149 Å². The molecule has 0 spiro atoms. The maximum absolute atomic E-state index is 12.6. The summed E-state index contributed by atoms with van der Waals surface area (Å²) in [6.07, 6.45) is 0.873. The molecular formula is C18H18N4O4. The summed E-state index contributed by atoms with van der Waals surface area (Å²) in [5.74, 6) is -1.81. The Kier molecular flexibility index (Phi) is 3.93. The molecule has 0 bridgehead atoms.